The van der Waals surface area contributed by atoms with Gasteiger partial charge in [-0.2, -0.15) is 0 Å². The Morgan fingerprint density at radius 2 is 1.95 bits per heavy atom. The number of aromatic hydroxyl groups is 1. The Morgan fingerprint density at radius 1 is 1.21 bits per heavy atom. The molecule has 1 amide bonds. The fraction of sp³-hybridized carbons (Fsp3) is 0.500. The van der Waals surface area contributed by atoms with Crippen molar-refractivity contribution in [1.29, 1.82) is 0 Å². The lowest BCUT2D eigenvalue weighted by Gasteiger charge is -2.26. The fourth-order valence-electron chi connectivity index (χ4n) is 4.30. The van der Waals surface area contributed by atoms with E-state index in [1.807, 2.05) is 19.1 Å². The van der Waals surface area contributed by atoms with E-state index in [1.54, 1.807) is 17.9 Å². The molecule has 0 aliphatic carbocycles. The molecular formula is C26H35N2O9P. The van der Waals surface area contributed by atoms with Gasteiger partial charge in [-0.15, -0.1) is 0 Å². The topological polar surface area (TPSA) is 155 Å². The number of carbonyl (C=O) groups is 2. The van der Waals surface area contributed by atoms with Gasteiger partial charge in [0.2, 0.25) is 0 Å². The van der Waals surface area contributed by atoms with Crippen molar-refractivity contribution in [2.24, 2.45) is 5.16 Å². The number of piperidine rings is 1. The Kier molecular flexibility index (Phi) is 10.5. The highest BCUT2D eigenvalue weighted by molar-refractivity contribution is 7.46. The van der Waals surface area contributed by atoms with Crippen molar-refractivity contribution in [3.8, 4) is 11.5 Å². The third kappa shape index (κ3) is 9.31. The maximum absolute atomic E-state index is 13.2. The molecule has 1 saturated heterocycles. The third-order valence-corrected chi connectivity index (χ3v) is 6.54. The van der Waals surface area contributed by atoms with Crippen LogP contribution in [0.4, 0.5) is 0 Å². The van der Waals surface area contributed by atoms with Gasteiger partial charge in [-0.1, -0.05) is 22.9 Å². The van der Waals surface area contributed by atoms with Gasteiger partial charge in [-0.3, -0.25) is 14.6 Å². The number of phosphoric ester groups is 1. The maximum Gasteiger partial charge on any atom is 0.524 e. The van der Waals surface area contributed by atoms with E-state index >= 15 is 0 Å². The highest BCUT2D eigenvalue weighted by atomic mass is 31.2. The first-order valence-corrected chi connectivity index (χ1v) is 14.2. The lowest BCUT2D eigenvalue weighted by atomic mass is 9.98. The molecule has 2 heterocycles. The van der Waals surface area contributed by atoms with Crippen LogP contribution in [0.1, 0.15) is 68.3 Å². The first-order chi connectivity index (χ1) is 18.0. The number of allylic oxidation sites excluding steroid dienone is 3. The summed E-state index contributed by atoms with van der Waals surface area (Å²) in [7, 11) is -5.07. The molecular weight excluding hydrogens is 515 g/mol. The normalized spacial score (nSPS) is 20.7. The fourth-order valence-corrected chi connectivity index (χ4v) is 4.70. The van der Waals surface area contributed by atoms with Crippen molar-refractivity contribution >= 4 is 25.4 Å². The van der Waals surface area contributed by atoms with Gasteiger partial charge >= 0.3 is 13.8 Å². The summed E-state index contributed by atoms with van der Waals surface area (Å²) in [5, 5.41) is 14.4. The van der Waals surface area contributed by atoms with Crippen LogP contribution in [0.2, 0.25) is 0 Å². The number of nitrogens with zero attached hydrogens (tertiary/aromatic N) is 2. The van der Waals surface area contributed by atoms with Crippen molar-refractivity contribution in [3.05, 3.63) is 47.1 Å². The van der Waals surface area contributed by atoms with Gasteiger partial charge < -0.3 is 24.1 Å². The molecule has 0 unspecified atom stereocenters. The predicted octanol–water partition coefficient (Wildman–Crippen LogP) is 4.02. The molecule has 1 aromatic carbocycles. The molecule has 11 nitrogen and oxygen atoms in total. The minimum atomic E-state index is -5.07. The number of phosphoric acid groups is 1. The molecule has 208 valence electrons. The molecule has 0 saturated carbocycles. The Hall–Kier alpha value is -3.14. The van der Waals surface area contributed by atoms with E-state index < -0.39 is 25.6 Å². The van der Waals surface area contributed by atoms with E-state index in [-0.39, 0.29) is 35.8 Å². The number of oxime groups is 1. The van der Waals surface area contributed by atoms with Crippen LogP contribution in [0, 0.1) is 0 Å². The van der Waals surface area contributed by atoms with Crippen molar-refractivity contribution in [2.45, 2.75) is 64.9 Å². The standard InChI is InChI=1S/C26H35N2O9P/c1-18-9-5-3-6-10-19(2)36-26(31)25-20(15-22(29)16-23(25)37-38(32,33)34)14-21(13-18)27-35-17-24(30)28-11-7-4-8-12-28/h3,6,13,15-16,19,29H,4-5,7-12,14,17H2,1-2H3,(H2,32,33,34)/t19-/m1/s1. The largest absolute Gasteiger partial charge is 0.524 e. The van der Waals surface area contributed by atoms with Crippen LogP contribution in [0.5, 0.6) is 11.5 Å². The predicted molar refractivity (Wildman–Crippen MR) is 140 cm³/mol. The number of fused-ring (bicyclic) bond motifs is 1. The van der Waals surface area contributed by atoms with Crippen LogP contribution in [-0.2, 0) is 25.4 Å². The van der Waals surface area contributed by atoms with Gasteiger partial charge in [0.1, 0.15) is 23.2 Å². The third-order valence-electron chi connectivity index (χ3n) is 6.10. The zero-order chi connectivity index (χ0) is 27.7. The summed E-state index contributed by atoms with van der Waals surface area (Å²) in [6.07, 6.45) is 9.94. The van der Waals surface area contributed by atoms with E-state index in [0.717, 1.165) is 43.7 Å². The quantitative estimate of drug-likeness (QED) is 0.213. The molecule has 0 spiro atoms. The number of esters is 1. The smallest absolute Gasteiger partial charge is 0.508 e. The number of hydrogen-bond acceptors (Lipinski definition) is 8. The van der Waals surface area contributed by atoms with Crippen molar-refractivity contribution in [2.75, 3.05) is 19.7 Å². The zero-order valence-corrected chi connectivity index (χ0v) is 22.6. The Labute approximate surface area is 222 Å². The second-order valence-corrected chi connectivity index (χ2v) is 10.7. The summed E-state index contributed by atoms with van der Waals surface area (Å²) in [6.45, 7) is 4.72. The Morgan fingerprint density at radius 3 is 2.66 bits per heavy atom. The van der Waals surface area contributed by atoms with Crippen molar-refractivity contribution < 1.29 is 43.1 Å². The molecule has 0 aromatic heterocycles. The van der Waals surface area contributed by atoms with E-state index in [0.29, 0.717) is 25.2 Å². The number of hydrogen-bond donors (Lipinski definition) is 3. The van der Waals surface area contributed by atoms with Crippen LogP contribution in [-0.4, -0.2) is 63.2 Å². The van der Waals surface area contributed by atoms with Crippen molar-refractivity contribution in [3.63, 3.8) is 0 Å². The van der Waals surface area contributed by atoms with E-state index in [2.05, 4.69) is 5.16 Å². The highest BCUT2D eigenvalue weighted by Gasteiger charge is 2.28. The summed E-state index contributed by atoms with van der Waals surface area (Å²) < 4.78 is 21.9. The second-order valence-electron chi connectivity index (χ2n) is 9.49. The number of phenolic OH excluding ortho intramolecular Hbond substituents is 1. The SMILES string of the molecule is CC1=CC(=NOCC(=O)N2CCCCC2)Cc2cc(O)cc(OP(=O)(O)O)c2C(=O)O[C@H](C)CC=CCC1. The molecule has 0 bridgehead atoms. The highest BCUT2D eigenvalue weighted by Crippen LogP contribution is 2.42. The molecule has 1 fully saturated rings. The second kappa shape index (κ2) is 13.6. The summed E-state index contributed by atoms with van der Waals surface area (Å²) in [5.74, 6) is -1.94. The molecule has 1 aromatic rings. The van der Waals surface area contributed by atoms with Crippen molar-refractivity contribution in [1.82, 2.24) is 4.90 Å². The summed E-state index contributed by atoms with van der Waals surface area (Å²) in [6, 6.07) is 2.22. The first-order valence-electron chi connectivity index (χ1n) is 12.6. The number of cyclic esters (lactones) is 1. The number of amides is 1. The lowest BCUT2D eigenvalue weighted by Crippen LogP contribution is -2.37. The minimum absolute atomic E-state index is 0.0736. The molecule has 38 heavy (non-hydrogen) atoms. The Balaban J connectivity index is 1.98. The van der Waals surface area contributed by atoms with E-state index in [9.17, 15) is 29.0 Å². The number of ether oxygens (including phenoxy) is 1. The molecule has 1 atom stereocenters. The number of benzene rings is 1. The first kappa shape index (κ1) is 29.4. The van der Waals surface area contributed by atoms with Crippen LogP contribution in [0.25, 0.3) is 0 Å². The number of carbonyl (C=O) groups excluding carboxylic acids is 2. The molecule has 2 aliphatic heterocycles. The van der Waals surface area contributed by atoms with Gasteiger partial charge in [0.25, 0.3) is 5.91 Å². The van der Waals surface area contributed by atoms with Gasteiger partial charge in [0, 0.05) is 32.0 Å². The lowest BCUT2D eigenvalue weighted by molar-refractivity contribution is -0.137. The average molecular weight is 551 g/mol. The van der Waals surface area contributed by atoms with Gasteiger partial charge in [0.15, 0.2) is 6.61 Å². The average Bonchev–Trinajstić information content (AvgIpc) is 2.82. The molecule has 12 heteroatoms. The van der Waals surface area contributed by atoms with Crippen LogP contribution in [0.3, 0.4) is 0 Å². The molecule has 3 N–H and O–H groups in total. The minimum Gasteiger partial charge on any atom is -0.508 e. The van der Waals surface area contributed by atoms with Gasteiger partial charge in [0.05, 0.1) is 5.71 Å². The summed E-state index contributed by atoms with van der Waals surface area (Å²) in [4.78, 5) is 51.6. The molecule has 0 radical (unpaired) electrons. The van der Waals surface area contributed by atoms with Gasteiger partial charge in [-0.05, 0) is 63.7 Å². The van der Waals surface area contributed by atoms with Gasteiger partial charge in [-0.25, -0.2) is 9.36 Å². The van der Waals surface area contributed by atoms with E-state index in [1.165, 1.54) is 6.07 Å². The van der Waals surface area contributed by atoms with Crippen LogP contribution in [0.15, 0.2) is 41.1 Å². The molecule has 3 rings (SSSR count). The zero-order valence-electron chi connectivity index (χ0n) is 21.7. The number of phenols is 1. The van der Waals surface area contributed by atoms with E-state index in [4.69, 9.17) is 14.1 Å². The number of rotatable bonds is 5. The van der Waals surface area contributed by atoms with Crippen LogP contribution >= 0.6 is 7.82 Å². The maximum atomic E-state index is 13.2. The number of likely N-dealkylation sites (tertiary alicyclic amines) is 1. The van der Waals surface area contributed by atoms with Crippen LogP contribution < -0.4 is 4.52 Å². The summed E-state index contributed by atoms with van der Waals surface area (Å²) in [5.41, 5.74) is 1.21. The Bertz CT molecular complexity index is 1150. The monoisotopic (exact) mass is 550 g/mol. The summed E-state index contributed by atoms with van der Waals surface area (Å²) >= 11 is 0. The molecule has 2 aliphatic rings.